The number of benzene rings is 2. The van der Waals surface area contributed by atoms with Crippen LogP contribution in [-0.2, 0) is 35.5 Å². The molecule has 0 saturated carbocycles. The lowest BCUT2D eigenvalue weighted by atomic mass is 9.93. The minimum absolute atomic E-state index is 0.0134. The minimum atomic E-state index is -1.09. The fourth-order valence-corrected chi connectivity index (χ4v) is 6.13. The van der Waals surface area contributed by atoms with Crippen LogP contribution in [0.3, 0.4) is 0 Å². The Morgan fingerprint density at radius 1 is 0.922 bits per heavy atom. The van der Waals surface area contributed by atoms with E-state index in [1.807, 2.05) is 93.7 Å². The van der Waals surface area contributed by atoms with Crippen LogP contribution in [0.1, 0.15) is 56.7 Å². The lowest BCUT2D eigenvalue weighted by Crippen LogP contribution is -2.55. The van der Waals surface area contributed by atoms with Gasteiger partial charge >= 0.3 is 12.1 Å². The maximum Gasteiger partial charge on any atom is 0.407 e. The molecule has 4 N–H and O–H groups in total. The van der Waals surface area contributed by atoms with Gasteiger partial charge in [-0.3, -0.25) is 4.79 Å². The number of aromatic nitrogens is 2. The van der Waals surface area contributed by atoms with Gasteiger partial charge in [0.05, 0.1) is 36.7 Å². The number of hydrogen-bond acceptors (Lipinski definition) is 10. The number of carbonyl (C=O) groups is 3. The summed E-state index contributed by atoms with van der Waals surface area (Å²) < 4.78 is 16.0. The third kappa shape index (κ3) is 13.0. The number of nitrogens with zero attached hydrogens (tertiary/aromatic N) is 3. The predicted molar refractivity (Wildman–Crippen MR) is 193 cm³/mol. The predicted octanol–water partition coefficient (Wildman–Crippen LogP) is 5.10. The molecule has 2 heterocycles. The molecule has 0 aliphatic carbocycles. The molecule has 51 heavy (non-hydrogen) atoms. The topological polar surface area (TPSA) is 168 Å². The summed E-state index contributed by atoms with van der Waals surface area (Å²) in [5, 5.41) is 26.4. The van der Waals surface area contributed by atoms with Crippen molar-refractivity contribution in [3.63, 3.8) is 0 Å². The number of alkyl carbamates (subject to hydrolysis) is 1. The molecule has 4 atom stereocenters. The third-order valence-corrected chi connectivity index (χ3v) is 8.72. The van der Waals surface area contributed by atoms with Crippen molar-refractivity contribution < 1.29 is 33.5 Å². The van der Waals surface area contributed by atoms with E-state index in [4.69, 9.17) is 14.0 Å². The summed E-state index contributed by atoms with van der Waals surface area (Å²) >= 11 is 1.36. The van der Waals surface area contributed by atoms with Crippen LogP contribution in [0.5, 0.6) is 5.19 Å². The summed E-state index contributed by atoms with van der Waals surface area (Å²) in [5.74, 6) is -0.260. The van der Waals surface area contributed by atoms with Gasteiger partial charge in [-0.1, -0.05) is 91.0 Å². The summed E-state index contributed by atoms with van der Waals surface area (Å²) in [6, 6.07) is 18.1. The average molecular weight is 721 g/mol. The van der Waals surface area contributed by atoms with Gasteiger partial charge in [-0.2, -0.15) is 0 Å². The molecule has 4 amide bonds. The lowest BCUT2D eigenvalue weighted by Gasteiger charge is -2.30. The Hall–Kier alpha value is -4.95. The van der Waals surface area contributed by atoms with Crippen molar-refractivity contribution in [3.8, 4) is 5.19 Å². The SMILES string of the molecule is CC(C)Oc1nc(CN(C)C(=O)N[C@H](C(=O)N[C@@H](Cc2ccccc2)C[C@H](O)[C@H](Cc2ccccc2)NC(=O)OCc2ccno2)C(C)C)cs1. The van der Waals surface area contributed by atoms with E-state index in [1.54, 1.807) is 13.1 Å². The Labute approximate surface area is 302 Å². The summed E-state index contributed by atoms with van der Waals surface area (Å²) in [6.07, 6.45) is 0.438. The van der Waals surface area contributed by atoms with Gasteiger partial charge in [0.1, 0.15) is 6.04 Å². The van der Waals surface area contributed by atoms with Gasteiger partial charge in [-0.25, -0.2) is 14.6 Å². The number of hydrogen-bond donors (Lipinski definition) is 4. The number of rotatable bonds is 18. The molecule has 0 bridgehead atoms. The van der Waals surface area contributed by atoms with Gasteiger partial charge < -0.3 is 40.0 Å². The van der Waals surface area contributed by atoms with Crippen molar-refractivity contribution in [1.82, 2.24) is 31.0 Å². The lowest BCUT2D eigenvalue weighted by molar-refractivity contribution is -0.124. The molecule has 0 aliphatic heterocycles. The highest BCUT2D eigenvalue weighted by Gasteiger charge is 2.31. The van der Waals surface area contributed by atoms with Crippen LogP contribution in [0.15, 0.2) is 82.8 Å². The normalized spacial score (nSPS) is 13.6. The van der Waals surface area contributed by atoms with Gasteiger partial charge in [-0.15, -0.1) is 0 Å². The molecule has 13 nitrogen and oxygen atoms in total. The first-order chi connectivity index (χ1) is 24.5. The molecule has 0 spiro atoms. The largest absolute Gasteiger partial charge is 0.467 e. The Morgan fingerprint density at radius 3 is 2.20 bits per heavy atom. The first-order valence-corrected chi connectivity index (χ1v) is 17.9. The second kappa shape index (κ2) is 19.4. The average Bonchev–Trinajstić information content (AvgIpc) is 3.78. The first kappa shape index (κ1) is 38.8. The van der Waals surface area contributed by atoms with E-state index in [0.29, 0.717) is 29.5 Å². The summed E-state index contributed by atoms with van der Waals surface area (Å²) in [6.45, 7) is 7.65. The molecule has 14 heteroatoms. The van der Waals surface area contributed by atoms with E-state index >= 15 is 0 Å². The van der Waals surface area contributed by atoms with Gasteiger partial charge in [0.15, 0.2) is 12.4 Å². The summed E-state index contributed by atoms with van der Waals surface area (Å²) in [7, 11) is 1.64. The van der Waals surface area contributed by atoms with E-state index in [-0.39, 0.29) is 37.5 Å². The number of thiazole rings is 1. The van der Waals surface area contributed by atoms with Crippen LogP contribution in [0.25, 0.3) is 0 Å². The molecule has 4 aromatic rings. The fraction of sp³-hybridized carbons (Fsp3) is 0.432. The fourth-order valence-electron chi connectivity index (χ4n) is 5.35. The summed E-state index contributed by atoms with van der Waals surface area (Å²) in [5.41, 5.74) is 2.52. The Kier molecular flexibility index (Phi) is 14.8. The Morgan fingerprint density at radius 2 is 1.59 bits per heavy atom. The number of aliphatic hydroxyl groups excluding tert-OH is 1. The molecule has 0 radical (unpaired) electrons. The Balaban J connectivity index is 1.45. The molecule has 2 aromatic carbocycles. The van der Waals surface area contributed by atoms with Crippen molar-refractivity contribution >= 4 is 29.4 Å². The number of ether oxygens (including phenoxy) is 2. The summed E-state index contributed by atoms with van der Waals surface area (Å²) in [4.78, 5) is 45.9. The highest BCUT2D eigenvalue weighted by molar-refractivity contribution is 7.11. The smallest absolute Gasteiger partial charge is 0.407 e. The van der Waals surface area contributed by atoms with Gasteiger partial charge in [-0.05, 0) is 50.2 Å². The highest BCUT2D eigenvalue weighted by atomic mass is 32.1. The first-order valence-electron chi connectivity index (χ1n) is 17.0. The van der Waals surface area contributed by atoms with E-state index < -0.39 is 36.4 Å². The van der Waals surface area contributed by atoms with Crippen LogP contribution in [0.4, 0.5) is 9.59 Å². The highest BCUT2D eigenvalue weighted by Crippen LogP contribution is 2.20. The van der Waals surface area contributed by atoms with E-state index in [0.717, 1.165) is 11.1 Å². The van der Waals surface area contributed by atoms with Crippen molar-refractivity contribution in [1.29, 1.82) is 0 Å². The number of urea groups is 1. The Bertz CT molecular complexity index is 1640. The number of nitrogens with one attached hydrogen (secondary N) is 3. The van der Waals surface area contributed by atoms with E-state index in [1.165, 1.54) is 22.4 Å². The maximum atomic E-state index is 13.9. The molecule has 0 saturated heterocycles. The second-order valence-electron chi connectivity index (χ2n) is 13.0. The molecule has 0 aliphatic rings. The number of amides is 4. The van der Waals surface area contributed by atoms with Crippen molar-refractivity contribution in [2.24, 2.45) is 5.92 Å². The zero-order chi connectivity index (χ0) is 36.8. The molecule has 274 valence electrons. The molecule has 0 unspecified atom stereocenters. The number of aliphatic hydroxyl groups is 1. The van der Waals surface area contributed by atoms with Crippen molar-refractivity contribution in [2.75, 3.05) is 7.05 Å². The standard InChI is InChI=1S/C37H48N6O7S/c1-24(2)33(42-35(46)43(5)21-29-23-51-37(40-29)49-25(3)4)34(45)39-28(18-26-12-8-6-9-13-26)20-32(44)31(19-27-14-10-7-11-15-27)41-36(47)48-22-30-16-17-38-50-30/h6-17,23-25,28,31-33,44H,18-22H2,1-5H3,(H,39,45)(H,41,47)(H,42,46)/t28-,31-,32-,33-/m0/s1. The van der Waals surface area contributed by atoms with Crippen LogP contribution in [0, 0.1) is 5.92 Å². The maximum absolute atomic E-state index is 13.9. The number of carbonyl (C=O) groups excluding carboxylic acids is 3. The van der Waals surface area contributed by atoms with Crippen molar-refractivity contribution in [3.05, 3.63) is 101 Å². The molecule has 4 rings (SSSR count). The zero-order valence-corrected chi connectivity index (χ0v) is 30.5. The molecular weight excluding hydrogens is 673 g/mol. The molecule has 2 aromatic heterocycles. The van der Waals surface area contributed by atoms with Crippen LogP contribution in [0.2, 0.25) is 0 Å². The van der Waals surface area contributed by atoms with Crippen LogP contribution < -0.4 is 20.7 Å². The third-order valence-electron chi connectivity index (χ3n) is 7.94. The van der Waals surface area contributed by atoms with Crippen LogP contribution in [-0.4, -0.2) is 75.6 Å². The second-order valence-corrected chi connectivity index (χ2v) is 13.8. The molecule has 0 fully saturated rings. The van der Waals surface area contributed by atoms with Gasteiger partial charge in [0.2, 0.25) is 5.91 Å². The zero-order valence-electron chi connectivity index (χ0n) is 29.7. The monoisotopic (exact) mass is 720 g/mol. The minimum Gasteiger partial charge on any atom is -0.467 e. The van der Waals surface area contributed by atoms with Crippen molar-refractivity contribution in [2.45, 2.75) is 90.4 Å². The quantitative estimate of drug-likeness (QED) is 0.109. The van der Waals surface area contributed by atoms with Gasteiger partial charge in [0, 0.05) is 24.5 Å². The molecular formula is C37H48N6O7S. The van der Waals surface area contributed by atoms with E-state index in [9.17, 15) is 19.5 Å². The van der Waals surface area contributed by atoms with Gasteiger partial charge in [0.25, 0.3) is 5.19 Å². The van der Waals surface area contributed by atoms with Crippen LogP contribution >= 0.6 is 11.3 Å². The van der Waals surface area contributed by atoms with E-state index in [2.05, 4.69) is 26.1 Å².